The minimum atomic E-state index is -1.00. The van der Waals surface area contributed by atoms with E-state index in [0.29, 0.717) is 19.3 Å². The van der Waals surface area contributed by atoms with Crippen LogP contribution in [0.5, 0.6) is 0 Å². The summed E-state index contributed by atoms with van der Waals surface area (Å²) in [6, 6.07) is -1.27. The molecule has 0 bridgehead atoms. The lowest BCUT2D eigenvalue weighted by molar-refractivity contribution is -0.145. The molecule has 1 heterocycles. The van der Waals surface area contributed by atoms with Gasteiger partial charge in [0.1, 0.15) is 11.5 Å². The molecule has 1 aliphatic heterocycles. The summed E-state index contributed by atoms with van der Waals surface area (Å²) in [4.78, 5) is 36.1. The van der Waals surface area contributed by atoms with Crippen LogP contribution in [0.1, 0.15) is 26.2 Å². The van der Waals surface area contributed by atoms with Crippen molar-refractivity contribution in [1.29, 1.82) is 0 Å². The van der Waals surface area contributed by atoms with E-state index in [1.165, 1.54) is 0 Å². The van der Waals surface area contributed by atoms with Crippen LogP contribution in [-0.2, 0) is 9.59 Å². The summed E-state index contributed by atoms with van der Waals surface area (Å²) in [7, 11) is 0. The molecule has 1 saturated carbocycles. The predicted molar refractivity (Wildman–Crippen MR) is 55.0 cm³/mol. The first-order chi connectivity index (χ1) is 7.56. The summed E-state index contributed by atoms with van der Waals surface area (Å²) < 4.78 is 0. The Hall–Kier alpha value is -1.83. The van der Waals surface area contributed by atoms with Crippen molar-refractivity contribution in [2.45, 2.75) is 32.2 Å². The number of carbonyl (C=O) groups excluding carboxylic acids is 3. The molecule has 84 valence electrons. The molecule has 4 amide bonds. The SMILES string of the molecule is C#CC(CC)N1C(=O)NC(=O)C2(CC2)C1=O. The third-order valence-electron chi connectivity index (χ3n) is 3.14. The fourth-order valence-electron chi connectivity index (χ4n) is 1.92. The summed E-state index contributed by atoms with van der Waals surface area (Å²) in [5, 5.41) is 2.19. The summed E-state index contributed by atoms with van der Waals surface area (Å²) in [5.74, 6) is 1.48. The zero-order valence-corrected chi connectivity index (χ0v) is 8.95. The van der Waals surface area contributed by atoms with Crippen molar-refractivity contribution in [2.75, 3.05) is 0 Å². The Labute approximate surface area is 93.2 Å². The molecule has 2 aliphatic rings. The Kier molecular flexibility index (Phi) is 2.23. The number of hydrogen-bond donors (Lipinski definition) is 1. The van der Waals surface area contributed by atoms with Crippen LogP contribution in [0.3, 0.4) is 0 Å². The van der Waals surface area contributed by atoms with Gasteiger partial charge in [0.25, 0.3) is 0 Å². The first-order valence-electron chi connectivity index (χ1n) is 5.22. The maximum atomic E-state index is 12.0. The van der Waals surface area contributed by atoms with Crippen LogP contribution in [0.4, 0.5) is 4.79 Å². The first-order valence-corrected chi connectivity index (χ1v) is 5.22. The van der Waals surface area contributed by atoms with Gasteiger partial charge in [-0.25, -0.2) is 9.69 Å². The highest BCUT2D eigenvalue weighted by Crippen LogP contribution is 2.49. The Morgan fingerprint density at radius 1 is 1.50 bits per heavy atom. The molecular weight excluding hydrogens is 208 g/mol. The van der Waals surface area contributed by atoms with E-state index in [-0.39, 0.29) is 0 Å². The largest absolute Gasteiger partial charge is 0.331 e. The average Bonchev–Trinajstić information content (AvgIpc) is 3.03. The molecule has 5 heteroatoms. The lowest BCUT2D eigenvalue weighted by atomic mass is 10.00. The Morgan fingerprint density at radius 2 is 2.12 bits per heavy atom. The standard InChI is InChI=1S/C11H12N2O3/c1-3-7(4-2)13-9(15)11(5-6-11)8(14)12-10(13)16/h1,7H,4-6H2,2H3,(H,12,14,16). The van der Waals surface area contributed by atoms with Crippen molar-refractivity contribution in [3.8, 4) is 12.3 Å². The molecule has 1 saturated heterocycles. The second-order valence-electron chi connectivity index (χ2n) is 4.11. The maximum absolute atomic E-state index is 12.0. The Balaban J connectivity index is 2.32. The van der Waals surface area contributed by atoms with Gasteiger partial charge in [-0.2, -0.15) is 0 Å². The van der Waals surface area contributed by atoms with Crippen LogP contribution in [0.15, 0.2) is 0 Å². The number of nitrogens with one attached hydrogen (secondary N) is 1. The molecule has 0 aromatic heterocycles. The van der Waals surface area contributed by atoms with Gasteiger partial charge < -0.3 is 0 Å². The molecule has 1 N–H and O–H groups in total. The molecule has 2 rings (SSSR count). The number of terminal acetylenes is 1. The lowest BCUT2D eigenvalue weighted by Gasteiger charge is -2.33. The van der Waals surface area contributed by atoms with Gasteiger partial charge in [0.2, 0.25) is 11.8 Å². The second kappa shape index (κ2) is 3.34. The fourth-order valence-corrected chi connectivity index (χ4v) is 1.92. The Bertz CT molecular complexity index is 417. The summed E-state index contributed by atoms with van der Waals surface area (Å²) in [6.07, 6.45) is 6.76. The highest BCUT2D eigenvalue weighted by Gasteiger charge is 2.62. The minimum Gasteiger partial charge on any atom is -0.277 e. The summed E-state index contributed by atoms with van der Waals surface area (Å²) >= 11 is 0. The molecule has 1 aliphatic carbocycles. The van der Waals surface area contributed by atoms with E-state index in [4.69, 9.17) is 6.42 Å². The van der Waals surface area contributed by atoms with E-state index in [1.54, 1.807) is 6.92 Å². The van der Waals surface area contributed by atoms with Gasteiger partial charge in [-0.3, -0.25) is 14.9 Å². The van der Waals surface area contributed by atoms with E-state index in [9.17, 15) is 14.4 Å². The molecule has 0 radical (unpaired) electrons. The number of urea groups is 1. The smallest absolute Gasteiger partial charge is 0.277 e. The average molecular weight is 220 g/mol. The highest BCUT2D eigenvalue weighted by atomic mass is 16.2. The zero-order chi connectivity index (χ0) is 11.9. The number of nitrogens with zero attached hydrogens (tertiary/aromatic N) is 1. The topological polar surface area (TPSA) is 66.5 Å². The Morgan fingerprint density at radius 3 is 2.56 bits per heavy atom. The van der Waals surface area contributed by atoms with Crippen molar-refractivity contribution in [2.24, 2.45) is 5.41 Å². The quantitative estimate of drug-likeness (QED) is 0.536. The molecule has 1 atom stereocenters. The van der Waals surface area contributed by atoms with Crippen LogP contribution in [-0.4, -0.2) is 28.8 Å². The van der Waals surface area contributed by atoms with E-state index in [0.717, 1.165) is 4.90 Å². The third-order valence-corrected chi connectivity index (χ3v) is 3.14. The molecular formula is C11H12N2O3. The second-order valence-corrected chi connectivity index (χ2v) is 4.11. The van der Waals surface area contributed by atoms with E-state index in [1.807, 2.05) is 0 Å². The highest BCUT2D eigenvalue weighted by molar-refractivity contribution is 6.21. The summed E-state index contributed by atoms with van der Waals surface area (Å²) in [5.41, 5.74) is -1.00. The zero-order valence-electron chi connectivity index (χ0n) is 8.95. The summed E-state index contributed by atoms with van der Waals surface area (Å²) in [6.45, 7) is 1.79. The third kappa shape index (κ3) is 1.23. The van der Waals surface area contributed by atoms with E-state index < -0.39 is 29.3 Å². The van der Waals surface area contributed by atoms with Gasteiger partial charge in [-0.15, -0.1) is 6.42 Å². The van der Waals surface area contributed by atoms with Crippen LogP contribution < -0.4 is 5.32 Å². The van der Waals surface area contributed by atoms with Gasteiger partial charge in [0, 0.05) is 0 Å². The normalized spacial score (nSPS) is 24.0. The number of barbiturate groups is 1. The number of amides is 4. The number of hydrogen-bond acceptors (Lipinski definition) is 3. The van der Waals surface area contributed by atoms with Gasteiger partial charge in [0.05, 0.1) is 0 Å². The minimum absolute atomic E-state index is 0.439. The van der Waals surface area contributed by atoms with Crippen molar-refractivity contribution in [3.05, 3.63) is 0 Å². The van der Waals surface area contributed by atoms with Crippen molar-refractivity contribution < 1.29 is 14.4 Å². The predicted octanol–water partition coefficient (Wildman–Crippen LogP) is 0.257. The molecule has 2 fully saturated rings. The van der Waals surface area contributed by atoms with Gasteiger partial charge in [-0.1, -0.05) is 12.8 Å². The van der Waals surface area contributed by atoms with Crippen molar-refractivity contribution in [3.63, 3.8) is 0 Å². The maximum Gasteiger partial charge on any atom is 0.331 e. The van der Waals surface area contributed by atoms with Crippen molar-refractivity contribution >= 4 is 17.8 Å². The molecule has 0 aromatic rings. The van der Waals surface area contributed by atoms with Crippen LogP contribution in [0, 0.1) is 17.8 Å². The van der Waals surface area contributed by atoms with E-state index >= 15 is 0 Å². The molecule has 5 nitrogen and oxygen atoms in total. The van der Waals surface area contributed by atoms with Crippen LogP contribution in [0.2, 0.25) is 0 Å². The molecule has 0 aromatic carbocycles. The van der Waals surface area contributed by atoms with Crippen LogP contribution in [0.25, 0.3) is 0 Å². The first kappa shape index (κ1) is 10.7. The lowest BCUT2D eigenvalue weighted by Crippen LogP contribution is -2.61. The fraction of sp³-hybridized carbons (Fsp3) is 0.545. The van der Waals surface area contributed by atoms with Crippen LogP contribution >= 0.6 is 0 Å². The molecule has 1 unspecified atom stereocenters. The van der Waals surface area contributed by atoms with Gasteiger partial charge in [-0.05, 0) is 19.3 Å². The van der Waals surface area contributed by atoms with Crippen molar-refractivity contribution in [1.82, 2.24) is 10.2 Å². The van der Waals surface area contributed by atoms with E-state index in [2.05, 4.69) is 11.2 Å². The number of imide groups is 2. The molecule has 16 heavy (non-hydrogen) atoms. The number of rotatable bonds is 2. The monoisotopic (exact) mass is 220 g/mol. The molecule has 1 spiro atoms. The number of carbonyl (C=O) groups is 3. The van der Waals surface area contributed by atoms with Gasteiger partial charge in [0.15, 0.2) is 0 Å². The van der Waals surface area contributed by atoms with Gasteiger partial charge >= 0.3 is 6.03 Å².